The van der Waals surface area contributed by atoms with Crippen LogP contribution in [0.2, 0.25) is 5.02 Å². The Morgan fingerprint density at radius 1 is 1.04 bits per heavy atom. The second-order valence-corrected chi connectivity index (χ2v) is 14.1. The van der Waals surface area contributed by atoms with Crippen LogP contribution < -0.4 is 26.2 Å². The lowest BCUT2D eigenvalue weighted by Crippen LogP contribution is -2.59. The Balaban J connectivity index is 1.12. The number of urea groups is 1. The number of rotatable bonds is 6. The van der Waals surface area contributed by atoms with Crippen molar-refractivity contribution in [3.8, 4) is 28.3 Å². The minimum Gasteiger partial charge on any atom is -0.481 e. The molecule has 11 nitrogen and oxygen atoms in total. The standard InChI is InChI=1S/C38H39ClN8O3/c1-21-17-24-19-41-46(3)36(48)32(24)34(42-21)43-28-10-6-7-25(22(28)2)26-8-5-9-27(33(26)39)29-18-23-11-12-30(31(23)35(44-29)50-4)47-16-14-38(20-47)13-15-40-37(49)45-38/h5-10,17-19,30H,11-16,20H2,1-4H3,(H,42,43)(H2,40,45,49)/t30-,38-/m0/s1. The first kappa shape index (κ1) is 32.2. The molecule has 50 heavy (non-hydrogen) atoms. The maximum Gasteiger partial charge on any atom is 0.315 e. The quantitative estimate of drug-likeness (QED) is 0.192. The fourth-order valence-corrected chi connectivity index (χ4v) is 8.41. The summed E-state index contributed by atoms with van der Waals surface area (Å²) in [4.78, 5) is 37.5. The minimum atomic E-state index is -0.217. The van der Waals surface area contributed by atoms with Gasteiger partial charge in [-0.1, -0.05) is 41.9 Å². The molecule has 12 heteroatoms. The zero-order valence-electron chi connectivity index (χ0n) is 28.6. The number of hydrogen-bond donors (Lipinski definition) is 3. The average Bonchev–Trinajstić information content (AvgIpc) is 3.71. The summed E-state index contributed by atoms with van der Waals surface area (Å²) in [7, 11) is 3.31. The number of hydrogen-bond acceptors (Lipinski definition) is 8. The van der Waals surface area contributed by atoms with E-state index in [-0.39, 0.29) is 23.2 Å². The highest BCUT2D eigenvalue weighted by molar-refractivity contribution is 6.36. The summed E-state index contributed by atoms with van der Waals surface area (Å²) in [5.41, 5.74) is 7.94. The second-order valence-electron chi connectivity index (χ2n) is 13.7. The van der Waals surface area contributed by atoms with Crippen molar-refractivity contribution in [1.82, 2.24) is 35.3 Å². The fraction of sp³-hybridized carbons (Fsp3) is 0.342. The van der Waals surface area contributed by atoms with E-state index < -0.39 is 0 Å². The molecule has 1 spiro atoms. The third-order valence-corrected chi connectivity index (χ3v) is 11.0. The molecule has 0 unspecified atom stereocenters. The number of amides is 2. The molecule has 3 N–H and O–H groups in total. The Labute approximate surface area is 295 Å². The number of aryl methyl sites for hydroxylation is 3. The van der Waals surface area contributed by atoms with E-state index >= 15 is 0 Å². The number of aromatic nitrogens is 4. The van der Waals surface area contributed by atoms with Crippen LogP contribution in [0.4, 0.5) is 16.3 Å². The number of nitrogens with one attached hydrogen (secondary N) is 3. The maximum absolute atomic E-state index is 13.1. The SMILES string of the molecule is COc1nc(-c2cccc(-c3cccc(Nc4nc(C)cc5cnn(C)c(=O)c45)c3C)c2Cl)cc2c1[C@@H](N1CC[C@@]3(CCNC(=O)N3)C1)CC2. The predicted molar refractivity (Wildman–Crippen MR) is 195 cm³/mol. The minimum absolute atomic E-state index is 0.0760. The van der Waals surface area contributed by atoms with Crippen molar-refractivity contribution in [3.63, 3.8) is 0 Å². The van der Waals surface area contributed by atoms with Gasteiger partial charge in [0, 0.05) is 66.2 Å². The molecule has 3 aliphatic rings. The van der Waals surface area contributed by atoms with Gasteiger partial charge in [0.1, 0.15) is 5.82 Å². The Kier molecular flexibility index (Phi) is 7.99. The van der Waals surface area contributed by atoms with Crippen molar-refractivity contribution in [1.29, 1.82) is 0 Å². The number of likely N-dealkylation sites (tertiary alicyclic amines) is 1. The van der Waals surface area contributed by atoms with Crippen LogP contribution in [0.1, 0.15) is 47.7 Å². The van der Waals surface area contributed by atoms with E-state index in [1.807, 2.05) is 56.3 Å². The largest absolute Gasteiger partial charge is 0.481 e. The second kappa shape index (κ2) is 12.4. The molecule has 0 radical (unpaired) electrons. The van der Waals surface area contributed by atoms with Crippen LogP contribution >= 0.6 is 11.6 Å². The van der Waals surface area contributed by atoms with Crippen molar-refractivity contribution < 1.29 is 9.53 Å². The van der Waals surface area contributed by atoms with E-state index in [9.17, 15) is 9.59 Å². The van der Waals surface area contributed by atoms with Gasteiger partial charge in [-0.2, -0.15) is 5.10 Å². The van der Waals surface area contributed by atoms with E-state index in [0.29, 0.717) is 28.7 Å². The maximum atomic E-state index is 13.1. The van der Waals surface area contributed by atoms with Crippen molar-refractivity contribution in [3.05, 3.63) is 92.5 Å². The van der Waals surface area contributed by atoms with Gasteiger partial charge in [0.05, 0.1) is 34.9 Å². The first-order chi connectivity index (χ1) is 24.1. The number of fused-ring (bicyclic) bond motifs is 2. The van der Waals surface area contributed by atoms with E-state index in [1.54, 1.807) is 20.4 Å². The lowest BCUT2D eigenvalue weighted by molar-refractivity contribution is 0.187. The number of anilines is 2. The number of benzene rings is 2. The van der Waals surface area contributed by atoms with Gasteiger partial charge in [-0.15, -0.1) is 0 Å². The monoisotopic (exact) mass is 690 g/mol. The highest BCUT2D eigenvalue weighted by Crippen LogP contribution is 2.46. The number of pyridine rings is 2. The van der Waals surface area contributed by atoms with Crippen molar-refractivity contribution in [2.24, 2.45) is 7.05 Å². The van der Waals surface area contributed by atoms with Crippen LogP contribution in [0.5, 0.6) is 5.88 Å². The summed E-state index contributed by atoms with van der Waals surface area (Å²) in [6.07, 6.45) is 5.43. The van der Waals surface area contributed by atoms with Gasteiger partial charge in [0.25, 0.3) is 5.56 Å². The molecule has 2 fully saturated rings. The normalized spacial score (nSPS) is 20.2. The Bertz CT molecular complexity index is 2250. The van der Waals surface area contributed by atoms with E-state index in [0.717, 1.165) is 89.1 Å². The Hall–Kier alpha value is -5.00. The van der Waals surface area contributed by atoms with Crippen LogP contribution in [0.25, 0.3) is 33.2 Å². The van der Waals surface area contributed by atoms with E-state index in [4.69, 9.17) is 26.3 Å². The topological polar surface area (TPSA) is 126 Å². The molecule has 0 saturated carbocycles. The van der Waals surface area contributed by atoms with E-state index in [2.05, 4.69) is 32.0 Å². The number of carbonyl (C=O) groups is 1. The highest BCUT2D eigenvalue weighted by Gasteiger charge is 2.45. The van der Waals surface area contributed by atoms with Gasteiger partial charge in [-0.05, 0) is 74.4 Å². The summed E-state index contributed by atoms with van der Waals surface area (Å²) in [6.45, 7) is 6.37. The first-order valence-electron chi connectivity index (χ1n) is 17.0. The summed E-state index contributed by atoms with van der Waals surface area (Å²) in [5, 5.41) is 15.5. The summed E-state index contributed by atoms with van der Waals surface area (Å²) in [6, 6.07) is 16.1. The first-order valence-corrected chi connectivity index (χ1v) is 17.4. The number of nitrogens with zero attached hydrogens (tertiary/aromatic N) is 5. The smallest absolute Gasteiger partial charge is 0.315 e. The predicted octanol–water partition coefficient (Wildman–Crippen LogP) is 6.21. The van der Waals surface area contributed by atoms with Crippen molar-refractivity contribution in [2.45, 2.75) is 51.1 Å². The number of carbonyl (C=O) groups excluding carboxylic acids is 1. The molecule has 2 atom stereocenters. The number of methoxy groups -OCH3 is 1. The van der Waals surface area contributed by atoms with E-state index in [1.165, 1.54) is 10.2 Å². The van der Waals surface area contributed by atoms with Gasteiger partial charge in [-0.25, -0.2) is 19.4 Å². The zero-order valence-corrected chi connectivity index (χ0v) is 29.3. The zero-order chi connectivity index (χ0) is 34.7. The van der Waals surface area contributed by atoms with Crippen LogP contribution in [-0.2, 0) is 13.5 Å². The van der Waals surface area contributed by atoms with Crippen molar-refractivity contribution >= 4 is 39.9 Å². The Morgan fingerprint density at radius 3 is 2.66 bits per heavy atom. The molecule has 256 valence electrons. The molecular formula is C38H39ClN8O3. The molecular weight excluding hydrogens is 652 g/mol. The highest BCUT2D eigenvalue weighted by atomic mass is 35.5. The van der Waals surface area contributed by atoms with Gasteiger partial charge < -0.3 is 20.7 Å². The van der Waals surface area contributed by atoms with Gasteiger partial charge in [0.2, 0.25) is 5.88 Å². The third-order valence-electron chi connectivity index (χ3n) is 10.6. The van der Waals surface area contributed by atoms with Crippen LogP contribution in [0.3, 0.4) is 0 Å². The van der Waals surface area contributed by atoms with Crippen LogP contribution in [-0.4, -0.2) is 63.0 Å². The molecule has 2 amide bonds. The summed E-state index contributed by atoms with van der Waals surface area (Å²) in [5.74, 6) is 1.11. The summed E-state index contributed by atoms with van der Waals surface area (Å²) >= 11 is 7.26. The lowest BCUT2D eigenvalue weighted by Gasteiger charge is -2.36. The third kappa shape index (κ3) is 5.45. The lowest BCUT2D eigenvalue weighted by atomic mass is 9.93. The van der Waals surface area contributed by atoms with Crippen LogP contribution in [0.15, 0.2) is 59.5 Å². The molecule has 1 aliphatic carbocycles. The van der Waals surface area contributed by atoms with Crippen molar-refractivity contribution in [2.75, 3.05) is 32.1 Å². The van der Waals surface area contributed by atoms with Gasteiger partial charge >= 0.3 is 6.03 Å². The molecule has 5 heterocycles. The molecule has 3 aromatic heterocycles. The Morgan fingerprint density at radius 2 is 1.84 bits per heavy atom. The van der Waals surface area contributed by atoms with Crippen LogP contribution in [0, 0.1) is 13.8 Å². The fourth-order valence-electron chi connectivity index (χ4n) is 8.09. The number of ether oxygens (including phenoxy) is 1. The summed E-state index contributed by atoms with van der Waals surface area (Å²) < 4.78 is 7.28. The molecule has 2 aromatic carbocycles. The number of halogens is 1. The van der Waals surface area contributed by atoms with Gasteiger partial charge in [-0.3, -0.25) is 9.69 Å². The molecule has 8 rings (SSSR count). The molecule has 0 bridgehead atoms. The molecule has 5 aromatic rings. The molecule has 2 aliphatic heterocycles. The molecule has 2 saturated heterocycles. The van der Waals surface area contributed by atoms with Gasteiger partial charge in [0.15, 0.2) is 0 Å². The average molecular weight is 691 g/mol.